The number of halogens is 1. The van der Waals surface area contributed by atoms with Crippen molar-refractivity contribution < 1.29 is 0 Å². The van der Waals surface area contributed by atoms with Gasteiger partial charge in [-0.3, -0.25) is 0 Å². The number of hydrogen-bond donors (Lipinski definition) is 1. The lowest BCUT2D eigenvalue weighted by Gasteiger charge is -2.23. The van der Waals surface area contributed by atoms with Crippen molar-refractivity contribution >= 4 is 11.6 Å². The van der Waals surface area contributed by atoms with Gasteiger partial charge in [0.1, 0.15) is 0 Å². The van der Waals surface area contributed by atoms with Gasteiger partial charge in [0.25, 0.3) is 0 Å². The van der Waals surface area contributed by atoms with Gasteiger partial charge >= 0.3 is 0 Å². The maximum atomic E-state index is 5.71. The molecule has 2 bridgehead atoms. The Hall–Kier alpha value is 0.250. The van der Waals surface area contributed by atoms with Gasteiger partial charge in [0, 0.05) is 11.9 Å². The average Bonchev–Trinajstić information content (AvgIpc) is 2.76. The highest BCUT2D eigenvalue weighted by Crippen LogP contribution is 2.47. The molecule has 2 fully saturated rings. The van der Waals surface area contributed by atoms with E-state index in [0.29, 0.717) is 6.04 Å². The lowest BCUT2D eigenvalue weighted by molar-refractivity contribution is 0.307. The van der Waals surface area contributed by atoms with Gasteiger partial charge in [-0.1, -0.05) is 6.42 Å². The normalized spacial score (nSPS) is 37.7. The fourth-order valence-corrected chi connectivity index (χ4v) is 3.57. The van der Waals surface area contributed by atoms with Crippen LogP contribution in [0.2, 0.25) is 0 Å². The Morgan fingerprint density at radius 3 is 2.79 bits per heavy atom. The van der Waals surface area contributed by atoms with Crippen LogP contribution in [0.4, 0.5) is 0 Å². The molecule has 0 aromatic heterocycles. The molecule has 0 spiro atoms. The average molecular weight is 216 g/mol. The van der Waals surface area contributed by atoms with Crippen LogP contribution in [0.1, 0.15) is 39.0 Å². The Morgan fingerprint density at radius 2 is 2.21 bits per heavy atom. The summed E-state index contributed by atoms with van der Waals surface area (Å²) >= 11 is 5.71. The second-order valence-corrected chi connectivity index (χ2v) is 5.60. The molecule has 0 aromatic carbocycles. The Bertz CT molecular complexity index is 183. The summed E-state index contributed by atoms with van der Waals surface area (Å²) in [5.41, 5.74) is 0. The van der Waals surface area contributed by atoms with E-state index in [0.717, 1.165) is 30.1 Å². The van der Waals surface area contributed by atoms with E-state index < -0.39 is 0 Å². The van der Waals surface area contributed by atoms with E-state index in [1.807, 2.05) is 0 Å². The third-order valence-electron chi connectivity index (χ3n) is 4.16. The molecule has 0 aromatic rings. The van der Waals surface area contributed by atoms with Gasteiger partial charge in [0.05, 0.1) is 0 Å². The van der Waals surface area contributed by atoms with Gasteiger partial charge in [-0.05, 0) is 56.9 Å². The number of fused-ring (bicyclic) bond motifs is 2. The quantitative estimate of drug-likeness (QED) is 0.696. The maximum Gasteiger partial charge on any atom is 0.0238 e. The van der Waals surface area contributed by atoms with Crippen molar-refractivity contribution in [2.24, 2.45) is 17.8 Å². The molecule has 82 valence electrons. The highest BCUT2D eigenvalue weighted by atomic mass is 35.5. The molecular weight excluding hydrogens is 194 g/mol. The number of hydrogen-bond acceptors (Lipinski definition) is 1. The molecule has 0 aliphatic heterocycles. The molecule has 0 amide bonds. The summed E-state index contributed by atoms with van der Waals surface area (Å²) < 4.78 is 0. The molecule has 2 aliphatic rings. The van der Waals surface area contributed by atoms with Crippen LogP contribution >= 0.6 is 11.6 Å². The zero-order valence-corrected chi connectivity index (χ0v) is 9.89. The van der Waals surface area contributed by atoms with Crippen molar-refractivity contribution in [3.63, 3.8) is 0 Å². The Morgan fingerprint density at radius 1 is 1.36 bits per heavy atom. The largest absolute Gasteiger partial charge is 0.314 e. The molecule has 0 heterocycles. The predicted molar refractivity (Wildman–Crippen MR) is 61.7 cm³/mol. The second kappa shape index (κ2) is 4.85. The van der Waals surface area contributed by atoms with E-state index in [2.05, 4.69) is 12.2 Å². The standard InChI is InChI=1S/C12H22ClN/c1-9(4-5-13)14-8-12-7-10-2-3-11(12)6-10/h9-12,14H,2-8H2,1H3. The topological polar surface area (TPSA) is 12.0 Å². The smallest absolute Gasteiger partial charge is 0.0238 e. The minimum absolute atomic E-state index is 0.603. The highest BCUT2D eigenvalue weighted by molar-refractivity contribution is 6.17. The fourth-order valence-electron chi connectivity index (χ4n) is 3.24. The monoisotopic (exact) mass is 215 g/mol. The molecule has 4 atom stereocenters. The third-order valence-corrected chi connectivity index (χ3v) is 4.37. The van der Waals surface area contributed by atoms with E-state index in [1.165, 1.54) is 32.2 Å². The summed E-state index contributed by atoms with van der Waals surface area (Å²) in [7, 11) is 0. The second-order valence-electron chi connectivity index (χ2n) is 5.22. The van der Waals surface area contributed by atoms with Gasteiger partial charge in [-0.25, -0.2) is 0 Å². The molecule has 2 saturated carbocycles. The maximum absolute atomic E-state index is 5.71. The summed E-state index contributed by atoms with van der Waals surface area (Å²) in [5, 5.41) is 3.63. The van der Waals surface area contributed by atoms with Crippen molar-refractivity contribution in [2.45, 2.75) is 45.1 Å². The minimum Gasteiger partial charge on any atom is -0.314 e. The SMILES string of the molecule is CC(CCCl)NCC1CC2CCC1C2. The first-order valence-electron chi connectivity index (χ1n) is 6.09. The van der Waals surface area contributed by atoms with Gasteiger partial charge in [-0.15, -0.1) is 11.6 Å². The lowest BCUT2D eigenvalue weighted by Crippen LogP contribution is -2.33. The summed E-state index contributed by atoms with van der Waals surface area (Å²) in [6.45, 7) is 3.48. The van der Waals surface area contributed by atoms with Gasteiger partial charge in [-0.2, -0.15) is 0 Å². The lowest BCUT2D eigenvalue weighted by atomic mass is 9.88. The van der Waals surface area contributed by atoms with Crippen molar-refractivity contribution in [3.05, 3.63) is 0 Å². The molecule has 1 N–H and O–H groups in total. The molecule has 1 nitrogen and oxygen atoms in total. The van der Waals surface area contributed by atoms with Crippen LogP contribution in [0.5, 0.6) is 0 Å². The van der Waals surface area contributed by atoms with Crippen molar-refractivity contribution in [3.8, 4) is 0 Å². The first kappa shape index (κ1) is 10.8. The summed E-state index contributed by atoms with van der Waals surface area (Å²) in [6, 6.07) is 0.603. The van der Waals surface area contributed by atoms with E-state index in [1.54, 1.807) is 0 Å². The zero-order valence-electron chi connectivity index (χ0n) is 9.14. The Labute approximate surface area is 92.6 Å². The Kier molecular flexibility index (Phi) is 3.73. The van der Waals surface area contributed by atoms with E-state index >= 15 is 0 Å². The van der Waals surface area contributed by atoms with Crippen LogP contribution in [0.15, 0.2) is 0 Å². The molecular formula is C12H22ClN. The molecule has 2 rings (SSSR count). The van der Waals surface area contributed by atoms with Crippen LogP contribution in [-0.2, 0) is 0 Å². The first-order chi connectivity index (χ1) is 6.79. The molecule has 14 heavy (non-hydrogen) atoms. The summed E-state index contributed by atoms with van der Waals surface area (Å²) in [4.78, 5) is 0. The molecule has 0 radical (unpaired) electrons. The zero-order chi connectivity index (χ0) is 9.97. The molecule has 2 heteroatoms. The predicted octanol–water partition coefficient (Wildman–Crippen LogP) is 3.03. The summed E-state index contributed by atoms with van der Waals surface area (Å²) in [6.07, 6.45) is 7.13. The fraction of sp³-hybridized carbons (Fsp3) is 1.00. The van der Waals surface area contributed by atoms with Gasteiger partial charge < -0.3 is 5.32 Å². The van der Waals surface area contributed by atoms with Crippen LogP contribution in [0.25, 0.3) is 0 Å². The van der Waals surface area contributed by atoms with Crippen molar-refractivity contribution in [1.82, 2.24) is 5.32 Å². The minimum atomic E-state index is 0.603. The highest BCUT2D eigenvalue weighted by Gasteiger charge is 2.38. The van der Waals surface area contributed by atoms with Crippen molar-refractivity contribution in [2.75, 3.05) is 12.4 Å². The molecule has 2 aliphatic carbocycles. The van der Waals surface area contributed by atoms with E-state index in [-0.39, 0.29) is 0 Å². The summed E-state index contributed by atoms with van der Waals surface area (Å²) in [5.74, 6) is 3.89. The van der Waals surface area contributed by atoms with Crippen LogP contribution in [0, 0.1) is 17.8 Å². The van der Waals surface area contributed by atoms with Gasteiger partial charge in [0.15, 0.2) is 0 Å². The van der Waals surface area contributed by atoms with Crippen molar-refractivity contribution in [1.29, 1.82) is 0 Å². The third kappa shape index (κ3) is 2.43. The number of alkyl halides is 1. The molecule has 4 unspecified atom stereocenters. The van der Waals surface area contributed by atoms with Crippen LogP contribution in [-0.4, -0.2) is 18.5 Å². The molecule has 0 saturated heterocycles. The van der Waals surface area contributed by atoms with Crippen LogP contribution in [0.3, 0.4) is 0 Å². The number of nitrogens with one attached hydrogen (secondary N) is 1. The van der Waals surface area contributed by atoms with E-state index in [4.69, 9.17) is 11.6 Å². The van der Waals surface area contributed by atoms with Gasteiger partial charge in [0.2, 0.25) is 0 Å². The number of rotatable bonds is 5. The first-order valence-corrected chi connectivity index (χ1v) is 6.62. The van der Waals surface area contributed by atoms with E-state index in [9.17, 15) is 0 Å². The Balaban J connectivity index is 1.66. The van der Waals surface area contributed by atoms with Crippen LogP contribution < -0.4 is 5.32 Å².